The number of aromatic nitrogens is 1. The highest BCUT2D eigenvalue weighted by atomic mass is 35.5. The number of halogens is 2. The Kier molecular flexibility index (Phi) is 6.41. The Hall–Kier alpha value is -3.07. The number of ether oxygens (including phenoxy) is 1. The first-order valence-electron chi connectivity index (χ1n) is 9.92. The van der Waals surface area contributed by atoms with Crippen LogP contribution in [0.3, 0.4) is 0 Å². The Labute approximate surface area is 190 Å². The number of aryl methyl sites for hydroxylation is 1. The zero-order valence-corrected chi connectivity index (χ0v) is 18.1. The van der Waals surface area contributed by atoms with Crippen LogP contribution in [-0.4, -0.2) is 17.4 Å². The molecule has 4 rings (SSSR count). The standard InChI is InChI=1S/C24H19Cl2N3O2/c25-18-7-10-21(19(26)14-18)31-22-9-6-15-5-8-20(29-23(15)22)16-3-1-4-17(13-16)24(30)28-12-2-11-27/h1,3-5,7-8,10,13-14,22H,2,6,9,12H2,(H,28,30). The summed E-state index contributed by atoms with van der Waals surface area (Å²) in [4.78, 5) is 17.2. The molecule has 1 unspecified atom stereocenters. The van der Waals surface area contributed by atoms with Crippen molar-refractivity contribution >= 4 is 29.1 Å². The van der Waals surface area contributed by atoms with E-state index in [4.69, 9.17) is 38.2 Å². The molecule has 1 atom stereocenters. The highest BCUT2D eigenvalue weighted by Gasteiger charge is 2.27. The molecule has 2 aromatic carbocycles. The fraction of sp³-hybridized carbons (Fsp3) is 0.208. The van der Waals surface area contributed by atoms with Crippen LogP contribution in [0, 0.1) is 11.3 Å². The van der Waals surface area contributed by atoms with Gasteiger partial charge in [0, 0.05) is 22.7 Å². The molecule has 5 nitrogen and oxygen atoms in total. The van der Waals surface area contributed by atoms with Gasteiger partial charge in [0.25, 0.3) is 5.91 Å². The minimum absolute atomic E-state index is 0.203. The number of rotatable bonds is 6. The van der Waals surface area contributed by atoms with Gasteiger partial charge in [0.15, 0.2) is 0 Å². The lowest BCUT2D eigenvalue weighted by Gasteiger charge is -2.16. The van der Waals surface area contributed by atoms with Crippen molar-refractivity contribution in [3.05, 3.63) is 81.5 Å². The molecule has 0 spiro atoms. The molecule has 0 saturated heterocycles. The average molecular weight is 452 g/mol. The third-order valence-electron chi connectivity index (χ3n) is 5.10. The van der Waals surface area contributed by atoms with E-state index in [1.807, 2.05) is 24.3 Å². The van der Waals surface area contributed by atoms with Crippen LogP contribution in [0.5, 0.6) is 5.75 Å². The molecule has 1 aliphatic rings. The molecule has 1 aromatic heterocycles. The summed E-state index contributed by atoms with van der Waals surface area (Å²) < 4.78 is 6.15. The number of carbonyl (C=O) groups is 1. The topological polar surface area (TPSA) is 75.0 Å². The number of fused-ring (bicyclic) bond motifs is 1. The van der Waals surface area contributed by atoms with Crippen LogP contribution < -0.4 is 10.1 Å². The predicted molar refractivity (Wildman–Crippen MR) is 120 cm³/mol. The zero-order chi connectivity index (χ0) is 21.8. The maximum atomic E-state index is 12.3. The van der Waals surface area contributed by atoms with E-state index < -0.39 is 0 Å². The van der Waals surface area contributed by atoms with Gasteiger partial charge in [0.2, 0.25) is 0 Å². The number of nitrogens with zero attached hydrogens (tertiary/aromatic N) is 2. The first-order chi connectivity index (χ1) is 15.0. The Bertz CT molecular complexity index is 1170. The number of hydrogen-bond donors (Lipinski definition) is 1. The second-order valence-electron chi connectivity index (χ2n) is 7.21. The van der Waals surface area contributed by atoms with Crippen LogP contribution in [0.2, 0.25) is 10.0 Å². The Balaban J connectivity index is 1.57. The maximum Gasteiger partial charge on any atom is 0.251 e. The summed E-state index contributed by atoms with van der Waals surface area (Å²) in [5.74, 6) is 0.365. The van der Waals surface area contributed by atoms with Gasteiger partial charge in [-0.3, -0.25) is 4.79 Å². The van der Waals surface area contributed by atoms with E-state index >= 15 is 0 Å². The lowest BCUT2D eigenvalue weighted by atomic mass is 10.1. The van der Waals surface area contributed by atoms with Crippen molar-refractivity contribution in [1.82, 2.24) is 10.3 Å². The van der Waals surface area contributed by atoms with E-state index in [-0.39, 0.29) is 18.4 Å². The fourth-order valence-electron chi connectivity index (χ4n) is 3.57. The zero-order valence-electron chi connectivity index (χ0n) is 16.6. The van der Waals surface area contributed by atoms with Gasteiger partial charge in [-0.25, -0.2) is 4.98 Å². The summed E-state index contributed by atoms with van der Waals surface area (Å²) in [5, 5.41) is 12.4. The number of carbonyl (C=O) groups excluding carboxylic acids is 1. The van der Waals surface area contributed by atoms with Crippen LogP contribution in [0.1, 0.15) is 40.6 Å². The molecule has 1 heterocycles. The molecular weight excluding hydrogens is 433 g/mol. The average Bonchev–Trinajstić information content (AvgIpc) is 3.18. The maximum absolute atomic E-state index is 12.3. The van der Waals surface area contributed by atoms with Crippen molar-refractivity contribution in [3.63, 3.8) is 0 Å². The fourth-order valence-corrected chi connectivity index (χ4v) is 4.02. The number of benzene rings is 2. The van der Waals surface area contributed by atoms with Gasteiger partial charge in [-0.1, -0.05) is 41.4 Å². The molecule has 1 amide bonds. The van der Waals surface area contributed by atoms with Crippen LogP contribution in [0.25, 0.3) is 11.3 Å². The Morgan fingerprint density at radius 3 is 2.87 bits per heavy atom. The number of nitrogens with one attached hydrogen (secondary N) is 1. The molecule has 1 aliphatic carbocycles. The van der Waals surface area contributed by atoms with Gasteiger partial charge in [0.1, 0.15) is 11.9 Å². The number of amides is 1. The molecule has 31 heavy (non-hydrogen) atoms. The van der Waals surface area contributed by atoms with Gasteiger partial charge in [-0.2, -0.15) is 5.26 Å². The molecule has 0 aliphatic heterocycles. The van der Waals surface area contributed by atoms with Crippen molar-refractivity contribution in [2.75, 3.05) is 6.54 Å². The lowest BCUT2D eigenvalue weighted by molar-refractivity contribution is 0.0954. The Morgan fingerprint density at radius 2 is 2.06 bits per heavy atom. The first kappa shape index (κ1) is 21.2. The summed E-state index contributed by atoms with van der Waals surface area (Å²) in [7, 11) is 0. The highest BCUT2D eigenvalue weighted by molar-refractivity contribution is 6.35. The molecule has 156 valence electrons. The monoisotopic (exact) mass is 451 g/mol. The highest BCUT2D eigenvalue weighted by Crippen LogP contribution is 2.38. The minimum atomic E-state index is -0.211. The first-order valence-corrected chi connectivity index (χ1v) is 10.7. The number of hydrogen-bond acceptors (Lipinski definition) is 4. The summed E-state index contributed by atoms with van der Waals surface area (Å²) in [6.45, 7) is 0.322. The molecular formula is C24H19Cl2N3O2. The van der Waals surface area contributed by atoms with E-state index in [1.165, 1.54) is 0 Å². The van der Waals surface area contributed by atoms with Gasteiger partial charge in [-0.05, 0) is 54.8 Å². The van der Waals surface area contributed by atoms with Crippen molar-refractivity contribution < 1.29 is 9.53 Å². The predicted octanol–water partition coefficient (Wildman–Crippen LogP) is 5.77. The normalized spacial score (nSPS) is 14.5. The van der Waals surface area contributed by atoms with Crippen LogP contribution in [0.4, 0.5) is 0 Å². The second kappa shape index (κ2) is 9.38. The van der Waals surface area contributed by atoms with E-state index in [1.54, 1.807) is 30.3 Å². The minimum Gasteiger partial charge on any atom is -0.483 e. The third kappa shape index (κ3) is 4.82. The van der Waals surface area contributed by atoms with Gasteiger partial charge in [-0.15, -0.1) is 0 Å². The van der Waals surface area contributed by atoms with E-state index in [9.17, 15) is 4.79 Å². The van der Waals surface area contributed by atoms with E-state index in [2.05, 4.69) is 11.4 Å². The number of pyridine rings is 1. The molecule has 3 aromatic rings. The van der Waals surface area contributed by atoms with Crippen molar-refractivity contribution in [3.8, 4) is 23.1 Å². The van der Waals surface area contributed by atoms with E-state index in [0.29, 0.717) is 27.9 Å². The van der Waals surface area contributed by atoms with Gasteiger partial charge >= 0.3 is 0 Å². The Morgan fingerprint density at radius 1 is 1.19 bits per heavy atom. The summed E-state index contributed by atoms with van der Waals surface area (Å²) in [5.41, 5.74) is 4.16. The molecule has 0 fully saturated rings. The molecule has 0 bridgehead atoms. The summed E-state index contributed by atoms with van der Waals surface area (Å²) in [6.07, 6.45) is 1.76. The molecule has 0 radical (unpaired) electrons. The summed E-state index contributed by atoms with van der Waals surface area (Å²) >= 11 is 12.2. The number of nitriles is 1. The van der Waals surface area contributed by atoms with Crippen molar-refractivity contribution in [2.45, 2.75) is 25.4 Å². The van der Waals surface area contributed by atoms with Gasteiger partial charge in [0.05, 0.1) is 28.9 Å². The van der Waals surface area contributed by atoms with Gasteiger partial charge < -0.3 is 10.1 Å². The third-order valence-corrected chi connectivity index (χ3v) is 5.63. The molecule has 7 heteroatoms. The van der Waals surface area contributed by atoms with Crippen LogP contribution in [0.15, 0.2) is 54.6 Å². The van der Waals surface area contributed by atoms with Crippen molar-refractivity contribution in [2.24, 2.45) is 0 Å². The smallest absolute Gasteiger partial charge is 0.251 e. The molecule has 0 saturated carbocycles. The van der Waals surface area contributed by atoms with Crippen molar-refractivity contribution in [1.29, 1.82) is 5.26 Å². The largest absolute Gasteiger partial charge is 0.483 e. The quantitative estimate of drug-likeness (QED) is 0.482. The molecule has 1 N–H and O–H groups in total. The van der Waals surface area contributed by atoms with Crippen LogP contribution in [-0.2, 0) is 6.42 Å². The second-order valence-corrected chi connectivity index (χ2v) is 8.05. The SMILES string of the molecule is N#CCCNC(=O)c1cccc(-c2ccc3c(n2)C(Oc2ccc(Cl)cc2Cl)CC3)c1. The lowest BCUT2D eigenvalue weighted by Crippen LogP contribution is -2.24. The summed E-state index contributed by atoms with van der Waals surface area (Å²) in [6, 6.07) is 18.5. The van der Waals surface area contributed by atoms with Crippen LogP contribution >= 0.6 is 23.2 Å². The van der Waals surface area contributed by atoms with E-state index in [0.717, 1.165) is 35.4 Å².